The van der Waals surface area contributed by atoms with Crippen LogP contribution in [0.2, 0.25) is 0 Å². The van der Waals surface area contributed by atoms with E-state index in [1.54, 1.807) is 19.2 Å². The first-order valence-electron chi connectivity index (χ1n) is 4.12. The van der Waals surface area contributed by atoms with E-state index in [0.717, 1.165) is 5.56 Å². The zero-order chi connectivity index (χ0) is 10.6. The molecule has 0 saturated carbocycles. The van der Waals surface area contributed by atoms with Crippen molar-refractivity contribution in [3.63, 3.8) is 0 Å². The molecule has 0 spiro atoms. The molecule has 0 amide bonds. The summed E-state index contributed by atoms with van der Waals surface area (Å²) in [5, 5.41) is 8.44. The second kappa shape index (κ2) is 4.50. The van der Waals surface area contributed by atoms with Gasteiger partial charge in [0.15, 0.2) is 6.61 Å². The Morgan fingerprint density at radius 3 is 2.79 bits per heavy atom. The van der Waals surface area contributed by atoms with Crippen LogP contribution in [-0.4, -0.2) is 24.8 Å². The second-order valence-corrected chi connectivity index (χ2v) is 2.81. The Morgan fingerprint density at radius 2 is 2.21 bits per heavy atom. The molecule has 0 aliphatic heterocycles. The van der Waals surface area contributed by atoms with Gasteiger partial charge in [0.25, 0.3) is 0 Å². The number of benzene rings is 1. The van der Waals surface area contributed by atoms with E-state index in [2.05, 4.69) is 0 Å². The van der Waals surface area contributed by atoms with Crippen LogP contribution in [0.3, 0.4) is 0 Å². The van der Waals surface area contributed by atoms with Crippen molar-refractivity contribution in [1.29, 1.82) is 0 Å². The van der Waals surface area contributed by atoms with Crippen molar-refractivity contribution < 1.29 is 19.4 Å². The van der Waals surface area contributed by atoms with E-state index < -0.39 is 5.97 Å². The van der Waals surface area contributed by atoms with Crippen LogP contribution in [0.15, 0.2) is 18.2 Å². The Hall–Kier alpha value is -1.71. The van der Waals surface area contributed by atoms with Crippen molar-refractivity contribution in [2.75, 3.05) is 13.7 Å². The number of hydrogen-bond donors (Lipinski definition) is 1. The zero-order valence-electron chi connectivity index (χ0n) is 8.11. The monoisotopic (exact) mass is 196 g/mol. The van der Waals surface area contributed by atoms with Gasteiger partial charge < -0.3 is 14.6 Å². The summed E-state index contributed by atoms with van der Waals surface area (Å²) in [5.74, 6) is 0.190. The van der Waals surface area contributed by atoms with Crippen molar-refractivity contribution in [2.45, 2.75) is 6.92 Å². The molecule has 1 N–H and O–H groups in total. The molecule has 0 bridgehead atoms. The molecular weight excluding hydrogens is 184 g/mol. The molecule has 0 aliphatic rings. The highest BCUT2D eigenvalue weighted by molar-refractivity contribution is 5.68. The first-order valence-corrected chi connectivity index (χ1v) is 4.12. The molecule has 4 heteroatoms. The maximum Gasteiger partial charge on any atom is 0.341 e. The summed E-state index contributed by atoms with van der Waals surface area (Å²) in [5.41, 5.74) is 0.882. The Morgan fingerprint density at radius 1 is 1.50 bits per heavy atom. The molecule has 0 fully saturated rings. The number of aryl methyl sites for hydroxylation is 1. The molecule has 14 heavy (non-hydrogen) atoms. The van der Waals surface area contributed by atoms with Crippen molar-refractivity contribution in [2.24, 2.45) is 0 Å². The lowest BCUT2D eigenvalue weighted by molar-refractivity contribution is -0.139. The first-order chi connectivity index (χ1) is 6.63. The molecular formula is C10H12O4. The van der Waals surface area contributed by atoms with Gasteiger partial charge in [0.2, 0.25) is 0 Å². The van der Waals surface area contributed by atoms with E-state index in [1.807, 2.05) is 13.0 Å². The lowest BCUT2D eigenvalue weighted by Gasteiger charge is -2.08. The van der Waals surface area contributed by atoms with Gasteiger partial charge >= 0.3 is 5.97 Å². The van der Waals surface area contributed by atoms with Gasteiger partial charge in [-0.2, -0.15) is 0 Å². The average Bonchev–Trinajstić information content (AvgIpc) is 2.16. The van der Waals surface area contributed by atoms with Crippen LogP contribution in [0, 0.1) is 6.92 Å². The minimum atomic E-state index is -0.993. The van der Waals surface area contributed by atoms with E-state index in [4.69, 9.17) is 14.6 Å². The maximum absolute atomic E-state index is 10.3. The van der Waals surface area contributed by atoms with Crippen LogP contribution in [0.4, 0.5) is 0 Å². The summed E-state index contributed by atoms with van der Waals surface area (Å²) >= 11 is 0. The minimum absolute atomic E-state index is 0.339. The molecule has 1 aromatic rings. The quantitative estimate of drug-likeness (QED) is 0.792. The number of hydrogen-bond acceptors (Lipinski definition) is 3. The molecule has 4 nitrogen and oxygen atoms in total. The SMILES string of the molecule is COc1ccc(C)c(OCC(=O)O)c1. The van der Waals surface area contributed by atoms with E-state index in [1.165, 1.54) is 0 Å². The van der Waals surface area contributed by atoms with Crippen molar-refractivity contribution >= 4 is 5.97 Å². The average molecular weight is 196 g/mol. The number of ether oxygens (including phenoxy) is 2. The number of aliphatic carboxylic acids is 1. The smallest absolute Gasteiger partial charge is 0.341 e. The van der Waals surface area contributed by atoms with E-state index in [0.29, 0.717) is 11.5 Å². The fourth-order valence-corrected chi connectivity index (χ4v) is 1.00. The number of carbonyl (C=O) groups is 1. The van der Waals surface area contributed by atoms with Crippen LogP contribution < -0.4 is 9.47 Å². The first kappa shape index (κ1) is 10.4. The van der Waals surface area contributed by atoms with Crippen LogP contribution in [-0.2, 0) is 4.79 Å². The number of rotatable bonds is 4. The molecule has 0 aliphatic carbocycles. The highest BCUT2D eigenvalue weighted by atomic mass is 16.5. The predicted octanol–water partition coefficient (Wildman–Crippen LogP) is 1.47. The topological polar surface area (TPSA) is 55.8 Å². The third kappa shape index (κ3) is 2.65. The van der Waals surface area contributed by atoms with Crippen LogP contribution in [0.1, 0.15) is 5.56 Å². The van der Waals surface area contributed by atoms with Gasteiger partial charge in [-0.05, 0) is 18.6 Å². The number of carboxylic acids is 1. The van der Waals surface area contributed by atoms with Gasteiger partial charge in [-0.25, -0.2) is 4.79 Å². The Kier molecular flexibility index (Phi) is 3.34. The Labute approximate surface area is 82.1 Å². The van der Waals surface area contributed by atoms with Crippen LogP contribution in [0.5, 0.6) is 11.5 Å². The largest absolute Gasteiger partial charge is 0.497 e. The fourth-order valence-electron chi connectivity index (χ4n) is 1.00. The van der Waals surface area contributed by atoms with Gasteiger partial charge in [-0.15, -0.1) is 0 Å². The lowest BCUT2D eigenvalue weighted by Crippen LogP contribution is -2.10. The Balaban J connectivity index is 2.78. The summed E-state index contributed by atoms with van der Waals surface area (Å²) in [4.78, 5) is 10.3. The molecule has 0 aromatic heterocycles. The fraction of sp³-hybridized carbons (Fsp3) is 0.300. The standard InChI is InChI=1S/C10H12O4/c1-7-3-4-8(13-2)5-9(7)14-6-10(11)12/h3-5H,6H2,1-2H3,(H,11,12). The molecule has 0 radical (unpaired) electrons. The van der Waals surface area contributed by atoms with E-state index in [-0.39, 0.29) is 6.61 Å². The van der Waals surface area contributed by atoms with Gasteiger partial charge in [0.1, 0.15) is 11.5 Å². The van der Waals surface area contributed by atoms with Crippen LogP contribution >= 0.6 is 0 Å². The second-order valence-electron chi connectivity index (χ2n) is 2.81. The highest BCUT2D eigenvalue weighted by Gasteiger charge is 2.04. The van der Waals surface area contributed by atoms with Gasteiger partial charge in [-0.1, -0.05) is 6.07 Å². The van der Waals surface area contributed by atoms with Gasteiger partial charge in [0.05, 0.1) is 7.11 Å². The van der Waals surface area contributed by atoms with Crippen molar-refractivity contribution in [3.05, 3.63) is 23.8 Å². The molecule has 1 aromatic carbocycles. The third-order valence-corrected chi connectivity index (χ3v) is 1.75. The summed E-state index contributed by atoms with van der Waals surface area (Å²) in [6.45, 7) is 1.50. The van der Waals surface area contributed by atoms with Crippen molar-refractivity contribution in [1.82, 2.24) is 0 Å². The summed E-state index contributed by atoms with van der Waals surface area (Å²) in [6, 6.07) is 5.28. The third-order valence-electron chi connectivity index (χ3n) is 1.75. The molecule has 0 unspecified atom stereocenters. The summed E-state index contributed by atoms with van der Waals surface area (Å²) in [6.07, 6.45) is 0. The summed E-state index contributed by atoms with van der Waals surface area (Å²) in [7, 11) is 1.55. The van der Waals surface area contributed by atoms with Crippen molar-refractivity contribution in [3.8, 4) is 11.5 Å². The summed E-state index contributed by atoms with van der Waals surface area (Å²) < 4.78 is 10.1. The van der Waals surface area contributed by atoms with E-state index in [9.17, 15) is 4.79 Å². The normalized spacial score (nSPS) is 9.57. The molecule has 0 saturated heterocycles. The molecule has 0 atom stereocenters. The van der Waals surface area contributed by atoms with Crippen LogP contribution in [0.25, 0.3) is 0 Å². The van der Waals surface area contributed by atoms with Gasteiger partial charge in [0, 0.05) is 6.07 Å². The maximum atomic E-state index is 10.3. The molecule has 1 rings (SSSR count). The van der Waals surface area contributed by atoms with E-state index >= 15 is 0 Å². The number of carboxylic acid groups (broad SMARTS) is 1. The highest BCUT2D eigenvalue weighted by Crippen LogP contribution is 2.23. The Bertz CT molecular complexity index is 333. The molecule has 0 heterocycles. The zero-order valence-corrected chi connectivity index (χ0v) is 8.11. The molecule has 76 valence electrons. The lowest BCUT2D eigenvalue weighted by atomic mass is 10.2. The minimum Gasteiger partial charge on any atom is -0.497 e. The predicted molar refractivity (Wildman–Crippen MR) is 50.9 cm³/mol. The van der Waals surface area contributed by atoms with Gasteiger partial charge in [-0.3, -0.25) is 0 Å². The number of methoxy groups -OCH3 is 1.